The fourth-order valence-electron chi connectivity index (χ4n) is 1.99. The van der Waals surface area contributed by atoms with Crippen molar-refractivity contribution in [1.82, 2.24) is 0 Å². The Morgan fingerprint density at radius 1 is 1.19 bits per heavy atom. The first-order chi connectivity index (χ1) is 7.63. The lowest BCUT2D eigenvalue weighted by molar-refractivity contribution is 0.415. The predicted molar refractivity (Wildman–Crippen MR) is 71.3 cm³/mol. The van der Waals surface area contributed by atoms with E-state index in [0.717, 1.165) is 6.42 Å². The zero-order valence-corrected chi connectivity index (χ0v) is 10.5. The number of hydrogen-bond acceptors (Lipinski definition) is 0. The summed E-state index contributed by atoms with van der Waals surface area (Å²) in [7, 11) is 0. The highest BCUT2D eigenvalue weighted by Crippen LogP contribution is 2.35. The first kappa shape index (κ1) is 11.2. The van der Waals surface area contributed by atoms with E-state index < -0.39 is 0 Å². The minimum Gasteiger partial charge on any atom is -0.0777 e. The van der Waals surface area contributed by atoms with Crippen LogP contribution in [0.25, 0.3) is 5.57 Å². The van der Waals surface area contributed by atoms with Gasteiger partial charge in [-0.25, -0.2) is 0 Å². The zero-order chi connectivity index (χ0) is 11.6. The minimum absolute atomic E-state index is 0.369. The van der Waals surface area contributed by atoms with Gasteiger partial charge in [-0.3, -0.25) is 0 Å². The lowest BCUT2D eigenvalue weighted by Gasteiger charge is -2.26. The van der Waals surface area contributed by atoms with Crippen LogP contribution in [0.15, 0.2) is 42.5 Å². The highest BCUT2D eigenvalue weighted by atomic mass is 14.2. The van der Waals surface area contributed by atoms with Crippen molar-refractivity contribution in [3.8, 4) is 0 Å². The molecule has 0 amide bonds. The maximum Gasteiger partial charge on any atom is -0.0111 e. The van der Waals surface area contributed by atoms with Gasteiger partial charge in [-0.1, -0.05) is 61.9 Å². The number of benzene rings is 1. The molecule has 0 saturated carbocycles. The summed E-state index contributed by atoms with van der Waals surface area (Å²) in [4.78, 5) is 0. The average Bonchev–Trinajstić information content (AvgIpc) is 2.32. The van der Waals surface area contributed by atoms with Gasteiger partial charge in [-0.05, 0) is 36.3 Å². The van der Waals surface area contributed by atoms with Gasteiger partial charge in [0.2, 0.25) is 0 Å². The van der Waals surface area contributed by atoms with Crippen molar-refractivity contribution in [2.45, 2.75) is 33.6 Å². The third-order valence-electron chi connectivity index (χ3n) is 3.65. The van der Waals surface area contributed by atoms with Crippen molar-refractivity contribution >= 4 is 5.57 Å². The molecule has 1 aliphatic carbocycles. The Labute approximate surface area is 98.7 Å². The van der Waals surface area contributed by atoms with Crippen molar-refractivity contribution in [3.63, 3.8) is 0 Å². The molecule has 0 N–H and O–H groups in total. The van der Waals surface area contributed by atoms with Crippen LogP contribution < -0.4 is 0 Å². The molecule has 0 bridgehead atoms. The Morgan fingerprint density at radius 3 is 2.38 bits per heavy atom. The quantitative estimate of drug-likeness (QED) is 0.663. The summed E-state index contributed by atoms with van der Waals surface area (Å²) in [6.45, 7) is 6.71. The van der Waals surface area contributed by atoms with E-state index in [-0.39, 0.29) is 0 Å². The molecule has 1 atom stereocenters. The normalized spacial score (nSPS) is 24.3. The van der Waals surface area contributed by atoms with E-state index in [0.29, 0.717) is 5.41 Å². The summed E-state index contributed by atoms with van der Waals surface area (Å²) < 4.78 is 0. The fourth-order valence-corrected chi connectivity index (χ4v) is 1.99. The zero-order valence-electron chi connectivity index (χ0n) is 10.5. The minimum atomic E-state index is 0.369. The van der Waals surface area contributed by atoms with Crippen LogP contribution in [0.5, 0.6) is 0 Å². The Bertz CT molecular complexity index is 420. The van der Waals surface area contributed by atoms with Crippen molar-refractivity contribution in [2.75, 3.05) is 0 Å². The van der Waals surface area contributed by atoms with E-state index >= 15 is 0 Å². The van der Waals surface area contributed by atoms with E-state index in [1.54, 1.807) is 0 Å². The molecule has 1 aromatic rings. The highest BCUT2D eigenvalue weighted by molar-refractivity contribution is 5.75. The van der Waals surface area contributed by atoms with Crippen LogP contribution in [0.4, 0.5) is 0 Å². The molecular weight excluding hydrogens is 192 g/mol. The molecule has 1 aromatic carbocycles. The summed E-state index contributed by atoms with van der Waals surface area (Å²) in [5, 5.41) is 0. The van der Waals surface area contributed by atoms with Crippen LogP contribution >= 0.6 is 0 Å². The van der Waals surface area contributed by atoms with Crippen LogP contribution in [0.1, 0.15) is 37.8 Å². The molecule has 16 heavy (non-hydrogen) atoms. The largest absolute Gasteiger partial charge is 0.0777 e. The van der Waals surface area contributed by atoms with E-state index in [4.69, 9.17) is 0 Å². The number of rotatable bonds is 2. The van der Waals surface area contributed by atoms with Gasteiger partial charge >= 0.3 is 0 Å². The van der Waals surface area contributed by atoms with Gasteiger partial charge in [0.25, 0.3) is 0 Å². The van der Waals surface area contributed by atoms with Gasteiger partial charge in [0, 0.05) is 0 Å². The van der Waals surface area contributed by atoms with Gasteiger partial charge in [0.15, 0.2) is 0 Å². The maximum atomic E-state index is 2.37. The smallest absolute Gasteiger partial charge is 0.0111 e. The van der Waals surface area contributed by atoms with Crippen LogP contribution in [0, 0.1) is 12.3 Å². The molecule has 0 radical (unpaired) electrons. The summed E-state index contributed by atoms with van der Waals surface area (Å²) in [6.07, 6.45) is 9.37. The SMILES string of the molecule is CCC1(C)C=CC(c2ccc(C)cc2)=CC1. The first-order valence-corrected chi connectivity index (χ1v) is 6.09. The maximum absolute atomic E-state index is 2.37. The molecule has 2 rings (SSSR count). The number of aryl methyl sites for hydroxylation is 1. The molecule has 0 heteroatoms. The lowest BCUT2D eigenvalue weighted by Crippen LogP contribution is -2.12. The van der Waals surface area contributed by atoms with Gasteiger partial charge in [0.05, 0.1) is 0 Å². The van der Waals surface area contributed by atoms with Gasteiger partial charge < -0.3 is 0 Å². The number of allylic oxidation sites excluding steroid dienone is 4. The molecule has 0 aliphatic heterocycles. The van der Waals surface area contributed by atoms with Crippen molar-refractivity contribution < 1.29 is 0 Å². The van der Waals surface area contributed by atoms with E-state index in [1.165, 1.54) is 23.1 Å². The lowest BCUT2D eigenvalue weighted by atomic mass is 9.79. The Hall–Kier alpha value is -1.30. The van der Waals surface area contributed by atoms with Gasteiger partial charge in [0.1, 0.15) is 0 Å². The first-order valence-electron chi connectivity index (χ1n) is 6.09. The average molecular weight is 212 g/mol. The van der Waals surface area contributed by atoms with E-state index in [1.807, 2.05) is 0 Å². The van der Waals surface area contributed by atoms with Crippen LogP contribution in [-0.4, -0.2) is 0 Å². The molecule has 0 spiro atoms. The van der Waals surface area contributed by atoms with Gasteiger partial charge in [-0.15, -0.1) is 0 Å². The summed E-state index contributed by atoms with van der Waals surface area (Å²) >= 11 is 0. The summed E-state index contributed by atoms with van der Waals surface area (Å²) in [6, 6.07) is 8.77. The van der Waals surface area contributed by atoms with Crippen molar-refractivity contribution in [1.29, 1.82) is 0 Å². The molecule has 1 unspecified atom stereocenters. The molecular formula is C16H20. The van der Waals surface area contributed by atoms with Gasteiger partial charge in [-0.2, -0.15) is 0 Å². The van der Waals surface area contributed by atoms with Crippen LogP contribution in [0.3, 0.4) is 0 Å². The fraction of sp³-hybridized carbons (Fsp3) is 0.375. The molecule has 0 aromatic heterocycles. The number of hydrogen-bond donors (Lipinski definition) is 0. The summed E-state index contributed by atoms with van der Waals surface area (Å²) in [5.41, 5.74) is 4.39. The van der Waals surface area contributed by atoms with Crippen LogP contribution in [-0.2, 0) is 0 Å². The Balaban J connectivity index is 2.20. The second-order valence-corrected chi connectivity index (χ2v) is 5.07. The predicted octanol–water partition coefficient (Wildman–Crippen LogP) is 4.75. The Morgan fingerprint density at radius 2 is 1.88 bits per heavy atom. The second-order valence-electron chi connectivity index (χ2n) is 5.07. The molecule has 1 aliphatic rings. The second kappa shape index (κ2) is 4.29. The highest BCUT2D eigenvalue weighted by Gasteiger charge is 2.20. The molecule has 0 heterocycles. The van der Waals surface area contributed by atoms with Crippen molar-refractivity contribution in [3.05, 3.63) is 53.6 Å². The molecule has 84 valence electrons. The Kier molecular flexibility index (Phi) is 3.00. The van der Waals surface area contributed by atoms with E-state index in [9.17, 15) is 0 Å². The molecule has 0 saturated heterocycles. The molecule has 0 fully saturated rings. The molecule has 0 nitrogen and oxygen atoms in total. The third kappa shape index (κ3) is 2.27. The standard InChI is InChI=1S/C16H20/c1-4-16(3)11-9-15(10-12-16)14-7-5-13(2)6-8-14/h5-11H,4,12H2,1-3H3. The summed E-state index contributed by atoms with van der Waals surface area (Å²) in [5.74, 6) is 0. The van der Waals surface area contributed by atoms with Crippen LogP contribution in [0.2, 0.25) is 0 Å². The van der Waals surface area contributed by atoms with Crippen molar-refractivity contribution in [2.24, 2.45) is 5.41 Å². The monoisotopic (exact) mass is 212 g/mol. The third-order valence-corrected chi connectivity index (χ3v) is 3.65. The topological polar surface area (TPSA) is 0 Å². The van der Waals surface area contributed by atoms with E-state index in [2.05, 4.69) is 63.3 Å².